The maximum absolute atomic E-state index is 13.4. The van der Waals surface area contributed by atoms with E-state index in [0.29, 0.717) is 10.2 Å². The van der Waals surface area contributed by atoms with E-state index in [1.54, 1.807) is 12.1 Å². The number of hydrogen-bond donors (Lipinski definition) is 1. The van der Waals surface area contributed by atoms with E-state index in [4.69, 9.17) is 10.5 Å². The van der Waals surface area contributed by atoms with Crippen LogP contribution in [0.1, 0.15) is 0 Å². The van der Waals surface area contributed by atoms with E-state index in [1.807, 2.05) is 0 Å². The zero-order chi connectivity index (χ0) is 11.5. The predicted molar refractivity (Wildman–Crippen MR) is 62.8 cm³/mol. The monoisotopic (exact) mass is 282 g/mol. The van der Waals surface area contributed by atoms with E-state index in [-0.39, 0.29) is 11.6 Å². The average molecular weight is 283 g/mol. The van der Waals surface area contributed by atoms with Crippen LogP contribution in [-0.2, 0) is 0 Å². The fourth-order valence-electron chi connectivity index (χ4n) is 1.15. The molecule has 0 radical (unpaired) electrons. The number of aromatic nitrogens is 1. The van der Waals surface area contributed by atoms with E-state index < -0.39 is 5.82 Å². The Kier molecular flexibility index (Phi) is 3.05. The molecule has 0 amide bonds. The van der Waals surface area contributed by atoms with Gasteiger partial charge in [-0.05, 0) is 24.3 Å². The number of benzene rings is 1. The van der Waals surface area contributed by atoms with Crippen molar-refractivity contribution < 1.29 is 9.13 Å². The number of halogens is 2. The zero-order valence-electron chi connectivity index (χ0n) is 8.15. The van der Waals surface area contributed by atoms with E-state index in [1.165, 1.54) is 24.4 Å². The molecular formula is C11H8BrFN2O. The number of nitrogens with zero attached hydrogens (tertiary/aromatic N) is 1. The van der Waals surface area contributed by atoms with Crippen LogP contribution in [0.15, 0.2) is 41.0 Å². The van der Waals surface area contributed by atoms with Gasteiger partial charge in [0.15, 0.2) is 11.6 Å². The fraction of sp³-hybridized carbons (Fsp3) is 0. The van der Waals surface area contributed by atoms with Gasteiger partial charge in [-0.3, -0.25) is 0 Å². The Morgan fingerprint density at radius 1 is 1.25 bits per heavy atom. The van der Waals surface area contributed by atoms with Crippen LogP contribution in [0.5, 0.6) is 11.6 Å². The molecule has 0 saturated heterocycles. The lowest BCUT2D eigenvalue weighted by Crippen LogP contribution is -1.92. The lowest BCUT2D eigenvalue weighted by molar-refractivity contribution is 0.427. The van der Waals surface area contributed by atoms with E-state index >= 15 is 0 Å². The van der Waals surface area contributed by atoms with Crippen molar-refractivity contribution in [3.05, 3.63) is 46.8 Å². The molecule has 3 nitrogen and oxygen atoms in total. The fourth-order valence-corrected chi connectivity index (χ4v) is 1.48. The minimum absolute atomic E-state index is 0.112. The summed E-state index contributed by atoms with van der Waals surface area (Å²) in [5, 5.41) is 0. The first-order valence-electron chi connectivity index (χ1n) is 4.49. The van der Waals surface area contributed by atoms with Gasteiger partial charge in [0.2, 0.25) is 5.88 Å². The molecule has 2 rings (SSSR count). The third-order valence-corrected chi connectivity index (χ3v) is 2.36. The van der Waals surface area contributed by atoms with Crippen molar-refractivity contribution in [3.63, 3.8) is 0 Å². The van der Waals surface area contributed by atoms with Crippen molar-refractivity contribution in [2.24, 2.45) is 0 Å². The van der Waals surface area contributed by atoms with E-state index in [0.717, 1.165) is 0 Å². The number of nitrogen functional groups attached to an aromatic ring is 1. The molecule has 82 valence electrons. The van der Waals surface area contributed by atoms with Crippen LogP contribution in [0.25, 0.3) is 0 Å². The third kappa shape index (κ3) is 2.49. The molecule has 1 aromatic carbocycles. The van der Waals surface area contributed by atoms with Crippen molar-refractivity contribution in [3.8, 4) is 11.6 Å². The summed E-state index contributed by atoms with van der Waals surface area (Å²) in [5.41, 5.74) is 6.07. The second-order valence-corrected chi connectivity index (χ2v) is 4.02. The van der Waals surface area contributed by atoms with Crippen LogP contribution in [0.2, 0.25) is 0 Å². The summed E-state index contributed by atoms with van der Waals surface area (Å²) in [6.07, 6.45) is 1.50. The molecule has 0 atom stereocenters. The Bertz CT molecular complexity index is 519. The number of pyridine rings is 1. The van der Waals surface area contributed by atoms with Crippen LogP contribution in [0.4, 0.5) is 10.1 Å². The molecule has 0 fully saturated rings. The molecule has 0 saturated carbocycles. The standard InChI is InChI=1S/C11H8BrFN2O/c12-7-1-2-10(9(13)5-7)16-11-6-8(14)3-4-15-11/h1-6H,(H2,14,15). The highest BCUT2D eigenvalue weighted by atomic mass is 79.9. The minimum Gasteiger partial charge on any atom is -0.436 e. The van der Waals surface area contributed by atoms with Crippen molar-refractivity contribution in [1.82, 2.24) is 4.98 Å². The average Bonchev–Trinajstić information content (AvgIpc) is 2.22. The van der Waals surface area contributed by atoms with Gasteiger partial charge in [0.1, 0.15) is 0 Å². The highest BCUT2D eigenvalue weighted by Crippen LogP contribution is 2.26. The highest BCUT2D eigenvalue weighted by molar-refractivity contribution is 9.10. The molecule has 0 unspecified atom stereocenters. The molecule has 0 spiro atoms. The van der Waals surface area contributed by atoms with Crippen molar-refractivity contribution in [2.45, 2.75) is 0 Å². The Balaban J connectivity index is 2.27. The summed E-state index contributed by atoms with van der Waals surface area (Å²) in [7, 11) is 0. The molecule has 2 aromatic rings. The van der Waals surface area contributed by atoms with Crippen LogP contribution >= 0.6 is 15.9 Å². The third-order valence-electron chi connectivity index (χ3n) is 1.87. The van der Waals surface area contributed by atoms with E-state index in [2.05, 4.69) is 20.9 Å². The molecule has 1 aromatic heterocycles. The maximum Gasteiger partial charge on any atom is 0.221 e. The van der Waals surface area contributed by atoms with Gasteiger partial charge < -0.3 is 10.5 Å². The van der Waals surface area contributed by atoms with Crippen LogP contribution in [-0.4, -0.2) is 4.98 Å². The predicted octanol–water partition coefficient (Wildman–Crippen LogP) is 3.36. The van der Waals surface area contributed by atoms with Crippen molar-refractivity contribution in [1.29, 1.82) is 0 Å². The van der Waals surface area contributed by atoms with Crippen molar-refractivity contribution in [2.75, 3.05) is 5.73 Å². The van der Waals surface area contributed by atoms with Crippen LogP contribution in [0, 0.1) is 5.82 Å². The minimum atomic E-state index is -0.460. The van der Waals surface area contributed by atoms with Gasteiger partial charge in [0.05, 0.1) is 0 Å². The quantitative estimate of drug-likeness (QED) is 0.919. The van der Waals surface area contributed by atoms with Gasteiger partial charge in [-0.2, -0.15) is 0 Å². The molecule has 0 aliphatic rings. The first kappa shape index (κ1) is 10.9. The Morgan fingerprint density at radius 2 is 2.06 bits per heavy atom. The summed E-state index contributed by atoms with van der Waals surface area (Å²) in [6.45, 7) is 0. The molecule has 0 aliphatic heterocycles. The molecule has 2 N–H and O–H groups in total. The summed E-state index contributed by atoms with van der Waals surface area (Å²) in [6, 6.07) is 7.68. The Labute approximate surface area is 100 Å². The maximum atomic E-state index is 13.4. The first-order valence-corrected chi connectivity index (χ1v) is 5.29. The Morgan fingerprint density at radius 3 is 2.75 bits per heavy atom. The topological polar surface area (TPSA) is 48.1 Å². The van der Waals surface area contributed by atoms with Gasteiger partial charge >= 0.3 is 0 Å². The SMILES string of the molecule is Nc1ccnc(Oc2ccc(Br)cc2F)c1. The summed E-state index contributed by atoms with van der Waals surface area (Å²) >= 11 is 3.16. The number of nitrogens with two attached hydrogens (primary N) is 1. The Hall–Kier alpha value is -1.62. The molecule has 0 bridgehead atoms. The summed E-state index contributed by atoms with van der Waals surface area (Å²) in [5.74, 6) is -0.0823. The second kappa shape index (κ2) is 4.49. The number of rotatable bonds is 2. The lowest BCUT2D eigenvalue weighted by Gasteiger charge is -2.06. The van der Waals surface area contributed by atoms with Crippen LogP contribution < -0.4 is 10.5 Å². The van der Waals surface area contributed by atoms with Gasteiger partial charge in [-0.1, -0.05) is 15.9 Å². The highest BCUT2D eigenvalue weighted by Gasteiger charge is 2.06. The van der Waals surface area contributed by atoms with Gasteiger partial charge in [0.25, 0.3) is 0 Å². The van der Waals surface area contributed by atoms with Crippen molar-refractivity contribution >= 4 is 21.6 Å². The molecule has 0 aliphatic carbocycles. The van der Waals surface area contributed by atoms with Crippen LogP contribution in [0.3, 0.4) is 0 Å². The summed E-state index contributed by atoms with van der Waals surface area (Å²) in [4.78, 5) is 3.92. The largest absolute Gasteiger partial charge is 0.436 e. The van der Waals surface area contributed by atoms with Gasteiger partial charge in [0, 0.05) is 22.4 Å². The number of ether oxygens (including phenoxy) is 1. The molecule has 5 heteroatoms. The second-order valence-electron chi connectivity index (χ2n) is 3.10. The first-order chi connectivity index (χ1) is 7.65. The normalized spacial score (nSPS) is 10.1. The van der Waals surface area contributed by atoms with Gasteiger partial charge in [-0.15, -0.1) is 0 Å². The molecule has 16 heavy (non-hydrogen) atoms. The van der Waals surface area contributed by atoms with Gasteiger partial charge in [-0.25, -0.2) is 9.37 Å². The molecule has 1 heterocycles. The molecular weight excluding hydrogens is 275 g/mol. The number of hydrogen-bond acceptors (Lipinski definition) is 3. The zero-order valence-corrected chi connectivity index (χ0v) is 9.74. The van der Waals surface area contributed by atoms with E-state index in [9.17, 15) is 4.39 Å². The smallest absolute Gasteiger partial charge is 0.221 e. The summed E-state index contributed by atoms with van der Waals surface area (Å²) < 4.78 is 19.3. The number of anilines is 1. The lowest BCUT2D eigenvalue weighted by atomic mass is 10.3.